The number of carbonyl (C=O) groups excluding carboxylic acids is 1. The lowest BCUT2D eigenvalue weighted by atomic mass is 9.96. The normalized spacial score (nSPS) is 15.2. The summed E-state index contributed by atoms with van der Waals surface area (Å²) in [5.41, 5.74) is 2.53. The number of thiazole rings is 1. The molecule has 0 atom stereocenters. The summed E-state index contributed by atoms with van der Waals surface area (Å²) < 4.78 is 28.6. The van der Waals surface area contributed by atoms with Gasteiger partial charge in [-0.1, -0.05) is 40.6 Å². The van der Waals surface area contributed by atoms with Crippen molar-refractivity contribution in [2.45, 2.75) is 31.2 Å². The first kappa shape index (κ1) is 26.1. The SMILES string of the molecule is Cc1c(Cl)ccc2sc(N(Cc3cccnc3)C(=O)C3CCN(S(=O)(=O)c4ccc(Cl)cc4)CC3)nc12. The number of sulfonamides is 1. The van der Waals surface area contributed by atoms with E-state index in [1.165, 1.54) is 27.8 Å². The smallest absolute Gasteiger partial charge is 0.243 e. The lowest BCUT2D eigenvalue weighted by molar-refractivity contribution is -0.123. The molecular weight excluding hydrogens is 551 g/mol. The third kappa shape index (κ3) is 5.37. The van der Waals surface area contributed by atoms with E-state index in [9.17, 15) is 13.2 Å². The Kier molecular flexibility index (Phi) is 7.51. The molecule has 0 aliphatic carbocycles. The van der Waals surface area contributed by atoms with Crippen molar-refractivity contribution in [3.05, 3.63) is 82.1 Å². The number of benzene rings is 2. The third-order valence-electron chi connectivity index (χ3n) is 6.55. The summed E-state index contributed by atoms with van der Waals surface area (Å²) in [5.74, 6) is -0.403. The Morgan fingerprint density at radius 1 is 1.11 bits per heavy atom. The molecule has 2 aromatic heterocycles. The summed E-state index contributed by atoms with van der Waals surface area (Å²) in [6.45, 7) is 2.76. The van der Waals surface area contributed by atoms with Gasteiger partial charge in [0.2, 0.25) is 15.9 Å². The van der Waals surface area contributed by atoms with Crippen molar-refractivity contribution in [2.24, 2.45) is 5.92 Å². The molecule has 1 aliphatic heterocycles. The van der Waals surface area contributed by atoms with Gasteiger partial charge in [-0.2, -0.15) is 4.31 Å². The van der Waals surface area contributed by atoms with Gasteiger partial charge >= 0.3 is 0 Å². The molecule has 3 heterocycles. The fraction of sp³-hybridized carbons (Fsp3) is 0.269. The van der Waals surface area contributed by atoms with E-state index in [-0.39, 0.29) is 29.8 Å². The van der Waals surface area contributed by atoms with Gasteiger partial charge in [0.1, 0.15) is 0 Å². The second-order valence-corrected chi connectivity index (χ2v) is 12.7. The summed E-state index contributed by atoms with van der Waals surface area (Å²) in [7, 11) is -3.66. The highest BCUT2D eigenvalue weighted by atomic mass is 35.5. The standard InChI is InChI=1S/C26H24Cl2N4O3S2/c1-17-22(28)8-9-23-24(17)30-26(36-23)32(16-18-3-2-12-29-15-18)25(33)19-10-13-31(14-11-19)37(34,35)21-6-4-20(27)5-7-21/h2-9,12,15,19H,10-11,13-14,16H2,1H3. The molecule has 0 saturated carbocycles. The van der Waals surface area contributed by atoms with E-state index in [1.54, 1.807) is 29.4 Å². The zero-order valence-electron chi connectivity index (χ0n) is 20.0. The number of fused-ring (bicyclic) bond motifs is 1. The van der Waals surface area contributed by atoms with Crippen LogP contribution in [-0.4, -0.2) is 41.7 Å². The van der Waals surface area contributed by atoms with E-state index in [0.717, 1.165) is 21.3 Å². The van der Waals surface area contributed by atoms with Gasteiger partial charge in [0.05, 0.1) is 21.7 Å². The Morgan fingerprint density at radius 2 is 1.84 bits per heavy atom. The average Bonchev–Trinajstić information content (AvgIpc) is 3.35. The molecule has 1 saturated heterocycles. The average molecular weight is 576 g/mol. The van der Waals surface area contributed by atoms with Gasteiger partial charge in [-0.3, -0.25) is 14.7 Å². The molecule has 37 heavy (non-hydrogen) atoms. The Bertz CT molecular complexity index is 1540. The molecule has 4 aromatic rings. The van der Waals surface area contributed by atoms with Gasteiger partial charge in [-0.05, 0) is 73.4 Å². The Hall–Kier alpha value is -2.56. The number of pyridine rings is 1. The van der Waals surface area contributed by atoms with E-state index >= 15 is 0 Å². The van der Waals surface area contributed by atoms with E-state index < -0.39 is 10.0 Å². The van der Waals surface area contributed by atoms with Crippen molar-refractivity contribution in [3.63, 3.8) is 0 Å². The highest BCUT2D eigenvalue weighted by Gasteiger charge is 2.35. The molecule has 0 unspecified atom stereocenters. The largest absolute Gasteiger partial charge is 0.283 e. The van der Waals surface area contributed by atoms with Crippen LogP contribution in [0.25, 0.3) is 10.2 Å². The summed E-state index contributed by atoms with van der Waals surface area (Å²) in [5, 5.41) is 1.69. The van der Waals surface area contributed by atoms with Gasteiger partial charge in [0, 0.05) is 41.4 Å². The van der Waals surface area contributed by atoms with Crippen LogP contribution in [0.4, 0.5) is 5.13 Å². The molecule has 5 rings (SSSR count). The number of halogens is 2. The van der Waals surface area contributed by atoms with E-state index in [0.29, 0.717) is 34.6 Å². The van der Waals surface area contributed by atoms with Crippen LogP contribution < -0.4 is 4.90 Å². The first-order valence-electron chi connectivity index (χ1n) is 11.8. The highest BCUT2D eigenvalue weighted by molar-refractivity contribution is 7.89. The topological polar surface area (TPSA) is 83.5 Å². The van der Waals surface area contributed by atoms with Crippen LogP contribution in [-0.2, 0) is 21.4 Å². The molecule has 0 spiro atoms. The van der Waals surface area contributed by atoms with Gasteiger partial charge < -0.3 is 0 Å². The zero-order valence-corrected chi connectivity index (χ0v) is 23.1. The lowest BCUT2D eigenvalue weighted by Gasteiger charge is -2.33. The van der Waals surface area contributed by atoms with Crippen LogP contribution in [0.5, 0.6) is 0 Å². The minimum Gasteiger partial charge on any atom is -0.283 e. The van der Waals surface area contributed by atoms with Gasteiger partial charge in [0.25, 0.3) is 0 Å². The summed E-state index contributed by atoms with van der Waals surface area (Å²) in [6, 6.07) is 13.6. The minimum atomic E-state index is -3.66. The number of aromatic nitrogens is 2. The second kappa shape index (κ2) is 10.7. The van der Waals surface area contributed by atoms with Crippen molar-refractivity contribution in [1.29, 1.82) is 0 Å². The van der Waals surface area contributed by atoms with Crippen LogP contribution in [0.15, 0.2) is 65.8 Å². The predicted octanol–water partition coefficient (Wildman–Crippen LogP) is 5.94. The van der Waals surface area contributed by atoms with Crippen LogP contribution in [0.2, 0.25) is 10.0 Å². The molecule has 0 bridgehead atoms. The van der Waals surface area contributed by atoms with Crippen LogP contribution in [0.3, 0.4) is 0 Å². The minimum absolute atomic E-state index is 0.0739. The molecule has 2 aromatic carbocycles. The van der Waals surface area contributed by atoms with E-state index in [2.05, 4.69) is 4.98 Å². The Morgan fingerprint density at radius 3 is 2.51 bits per heavy atom. The van der Waals surface area contributed by atoms with Crippen LogP contribution in [0, 0.1) is 12.8 Å². The van der Waals surface area contributed by atoms with E-state index in [1.807, 2.05) is 31.2 Å². The second-order valence-electron chi connectivity index (χ2n) is 8.93. The highest BCUT2D eigenvalue weighted by Crippen LogP contribution is 2.36. The number of piperidine rings is 1. The Balaban J connectivity index is 1.39. The van der Waals surface area contributed by atoms with Crippen molar-refractivity contribution in [1.82, 2.24) is 14.3 Å². The number of nitrogens with zero attached hydrogens (tertiary/aromatic N) is 4. The Labute approximate surface area is 229 Å². The molecule has 1 aliphatic rings. The van der Waals surface area contributed by atoms with Crippen molar-refractivity contribution in [3.8, 4) is 0 Å². The fourth-order valence-electron chi connectivity index (χ4n) is 4.44. The van der Waals surface area contributed by atoms with Gasteiger partial charge in [-0.25, -0.2) is 13.4 Å². The maximum atomic E-state index is 13.9. The van der Waals surface area contributed by atoms with Gasteiger partial charge in [-0.15, -0.1) is 0 Å². The maximum Gasteiger partial charge on any atom is 0.243 e. The number of carbonyl (C=O) groups is 1. The number of hydrogen-bond donors (Lipinski definition) is 0. The fourth-order valence-corrected chi connectivity index (χ4v) is 7.22. The van der Waals surface area contributed by atoms with Crippen LogP contribution >= 0.6 is 34.5 Å². The van der Waals surface area contributed by atoms with Crippen LogP contribution in [0.1, 0.15) is 24.0 Å². The predicted molar refractivity (Wildman–Crippen MR) is 148 cm³/mol. The first-order valence-corrected chi connectivity index (χ1v) is 14.8. The molecule has 1 amide bonds. The van der Waals surface area contributed by atoms with E-state index in [4.69, 9.17) is 28.2 Å². The molecule has 0 N–H and O–H groups in total. The maximum absolute atomic E-state index is 13.9. The zero-order chi connectivity index (χ0) is 26.2. The first-order chi connectivity index (χ1) is 17.7. The molecule has 1 fully saturated rings. The number of rotatable bonds is 6. The number of hydrogen-bond acceptors (Lipinski definition) is 6. The quantitative estimate of drug-likeness (QED) is 0.284. The number of aryl methyl sites for hydroxylation is 1. The summed E-state index contributed by atoms with van der Waals surface area (Å²) in [6.07, 6.45) is 4.27. The molecule has 0 radical (unpaired) electrons. The third-order valence-corrected chi connectivity index (χ3v) is 10.2. The van der Waals surface area contributed by atoms with Crippen molar-refractivity contribution in [2.75, 3.05) is 18.0 Å². The molecule has 11 heteroatoms. The summed E-state index contributed by atoms with van der Waals surface area (Å²) >= 11 is 13.7. The monoisotopic (exact) mass is 574 g/mol. The number of amides is 1. The van der Waals surface area contributed by atoms with Crippen molar-refractivity contribution >= 4 is 65.8 Å². The molecule has 7 nitrogen and oxygen atoms in total. The molecule has 192 valence electrons. The van der Waals surface area contributed by atoms with Gasteiger partial charge in [0.15, 0.2) is 5.13 Å². The van der Waals surface area contributed by atoms with Crippen molar-refractivity contribution < 1.29 is 13.2 Å². The molecular formula is C26H24Cl2N4O3S2. The lowest BCUT2D eigenvalue weighted by Crippen LogP contribution is -2.44. The summed E-state index contributed by atoms with van der Waals surface area (Å²) in [4.78, 5) is 24.7. The number of anilines is 1.